The molecule has 0 spiro atoms. The van der Waals surface area contributed by atoms with E-state index in [0.717, 1.165) is 5.56 Å². The molecular formula is C24H18N2O5. The van der Waals surface area contributed by atoms with Crippen LogP contribution in [-0.2, 0) is 4.79 Å². The molecule has 1 aliphatic rings. The summed E-state index contributed by atoms with van der Waals surface area (Å²) in [4.78, 5) is 24.7. The van der Waals surface area contributed by atoms with Crippen LogP contribution < -0.4 is 9.75 Å². The fraction of sp³-hybridized carbons (Fsp3) is 0.0417. The number of carboxylic acid groups (broad SMARTS) is 1. The maximum absolute atomic E-state index is 13.3. The van der Waals surface area contributed by atoms with Crippen molar-refractivity contribution in [2.45, 2.75) is 0 Å². The molecule has 0 bridgehead atoms. The molecule has 0 radical (unpaired) electrons. The Labute approximate surface area is 178 Å². The van der Waals surface area contributed by atoms with Gasteiger partial charge in [0.1, 0.15) is 5.71 Å². The summed E-state index contributed by atoms with van der Waals surface area (Å²) in [7, 11) is 1.45. The second-order valence-corrected chi connectivity index (χ2v) is 6.78. The average molecular weight is 414 g/mol. The number of hydrogen-bond acceptors (Lipinski definition) is 5. The normalized spacial score (nSPS) is 14.6. The van der Waals surface area contributed by atoms with Crippen LogP contribution in [0.3, 0.4) is 0 Å². The van der Waals surface area contributed by atoms with Gasteiger partial charge in [0.25, 0.3) is 5.91 Å². The number of benzene rings is 3. The van der Waals surface area contributed by atoms with Gasteiger partial charge in [-0.2, -0.15) is 10.1 Å². The summed E-state index contributed by atoms with van der Waals surface area (Å²) < 4.78 is 5.15. The molecule has 1 heterocycles. The number of rotatable bonds is 5. The number of phenols is 1. The van der Waals surface area contributed by atoms with Crippen molar-refractivity contribution in [2.75, 3.05) is 12.1 Å². The number of hydrazone groups is 1. The van der Waals surface area contributed by atoms with Gasteiger partial charge in [-0.25, -0.2) is 4.79 Å². The first-order valence-corrected chi connectivity index (χ1v) is 9.39. The lowest BCUT2D eigenvalue weighted by atomic mass is 10.00. The molecule has 0 aliphatic carbocycles. The SMILES string of the molecule is COc1cc(C=C2C(=O)N(c3cccc(C(=O)O)c3)N=C2c2ccccc2)ccc1O. The van der Waals surface area contributed by atoms with E-state index in [1.807, 2.05) is 30.3 Å². The predicted octanol–water partition coefficient (Wildman–Crippen LogP) is 3.93. The summed E-state index contributed by atoms with van der Waals surface area (Å²) in [6, 6.07) is 20.0. The molecular weight excluding hydrogens is 396 g/mol. The lowest BCUT2D eigenvalue weighted by Gasteiger charge is -2.12. The largest absolute Gasteiger partial charge is 0.504 e. The van der Waals surface area contributed by atoms with Crippen LogP contribution in [0.1, 0.15) is 21.5 Å². The molecule has 0 fully saturated rings. The molecule has 0 aromatic heterocycles. The Morgan fingerprint density at radius 2 is 1.81 bits per heavy atom. The molecule has 154 valence electrons. The highest BCUT2D eigenvalue weighted by Crippen LogP contribution is 2.31. The summed E-state index contributed by atoms with van der Waals surface area (Å²) in [5, 5.41) is 24.8. The number of hydrogen-bond donors (Lipinski definition) is 2. The third-order valence-electron chi connectivity index (χ3n) is 4.78. The van der Waals surface area contributed by atoms with E-state index in [2.05, 4.69) is 5.10 Å². The van der Waals surface area contributed by atoms with E-state index in [1.54, 1.807) is 30.3 Å². The highest BCUT2D eigenvalue weighted by Gasteiger charge is 2.32. The number of carboxylic acids is 1. The lowest BCUT2D eigenvalue weighted by Crippen LogP contribution is -2.21. The number of ether oxygens (including phenoxy) is 1. The zero-order valence-electron chi connectivity index (χ0n) is 16.5. The maximum atomic E-state index is 13.3. The molecule has 3 aromatic rings. The number of anilines is 1. The number of carbonyl (C=O) groups excluding carboxylic acids is 1. The minimum atomic E-state index is -1.09. The Hall–Kier alpha value is -4.39. The number of nitrogens with zero attached hydrogens (tertiary/aromatic N) is 2. The number of aromatic carboxylic acids is 1. The molecule has 1 amide bonds. The molecule has 4 rings (SSSR count). The van der Waals surface area contributed by atoms with E-state index in [-0.39, 0.29) is 17.1 Å². The Balaban J connectivity index is 1.83. The lowest BCUT2D eigenvalue weighted by molar-refractivity contribution is -0.114. The predicted molar refractivity (Wildman–Crippen MR) is 117 cm³/mol. The van der Waals surface area contributed by atoms with Crippen LogP contribution in [0.2, 0.25) is 0 Å². The van der Waals surface area contributed by atoms with Gasteiger partial charge in [0.15, 0.2) is 11.5 Å². The fourth-order valence-electron chi connectivity index (χ4n) is 3.25. The van der Waals surface area contributed by atoms with Crippen LogP contribution in [0.5, 0.6) is 11.5 Å². The third kappa shape index (κ3) is 3.89. The Morgan fingerprint density at radius 3 is 2.52 bits per heavy atom. The topological polar surface area (TPSA) is 99.4 Å². The quantitative estimate of drug-likeness (QED) is 0.616. The third-order valence-corrected chi connectivity index (χ3v) is 4.78. The number of phenolic OH excluding ortho intramolecular Hbond substituents is 1. The molecule has 1 aliphatic heterocycles. The molecule has 7 nitrogen and oxygen atoms in total. The highest BCUT2D eigenvalue weighted by molar-refractivity contribution is 6.37. The Morgan fingerprint density at radius 1 is 1.03 bits per heavy atom. The van der Waals surface area contributed by atoms with Gasteiger partial charge in [-0.05, 0) is 42.0 Å². The van der Waals surface area contributed by atoms with Crippen molar-refractivity contribution in [3.8, 4) is 11.5 Å². The minimum absolute atomic E-state index is 0.00791. The van der Waals surface area contributed by atoms with Gasteiger partial charge in [-0.3, -0.25) is 4.79 Å². The molecule has 2 N–H and O–H groups in total. The van der Waals surface area contributed by atoms with E-state index in [4.69, 9.17) is 4.74 Å². The molecule has 31 heavy (non-hydrogen) atoms. The van der Waals surface area contributed by atoms with E-state index >= 15 is 0 Å². The standard InChI is InChI=1S/C24H18N2O5/c1-31-21-13-15(10-11-20(21)27)12-19-22(16-6-3-2-4-7-16)25-26(23(19)28)18-9-5-8-17(14-18)24(29)30/h2-14,27H,1H3,(H,29,30). The summed E-state index contributed by atoms with van der Waals surface area (Å²) in [6.07, 6.45) is 1.66. The van der Waals surface area contributed by atoms with E-state index in [1.165, 1.54) is 30.3 Å². The first kappa shape index (κ1) is 19.9. The number of aromatic hydroxyl groups is 1. The fourth-order valence-corrected chi connectivity index (χ4v) is 3.25. The van der Waals surface area contributed by atoms with Gasteiger partial charge >= 0.3 is 5.97 Å². The zero-order chi connectivity index (χ0) is 22.0. The van der Waals surface area contributed by atoms with Crippen molar-refractivity contribution in [3.63, 3.8) is 0 Å². The van der Waals surface area contributed by atoms with Gasteiger partial charge in [-0.1, -0.05) is 42.5 Å². The molecule has 3 aromatic carbocycles. The Bertz CT molecular complexity index is 1230. The van der Waals surface area contributed by atoms with Crippen molar-refractivity contribution >= 4 is 29.4 Å². The van der Waals surface area contributed by atoms with Crippen molar-refractivity contribution in [1.82, 2.24) is 0 Å². The van der Waals surface area contributed by atoms with Gasteiger partial charge in [0.2, 0.25) is 0 Å². The molecule has 0 atom stereocenters. The monoisotopic (exact) mass is 414 g/mol. The highest BCUT2D eigenvalue weighted by atomic mass is 16.5. The number of amides is 1. The molecule has 7 heteroatoms. The van der Waals surface area contributed by atoms with Crippen LogP contribution in [0.4, 0.5) is 5.69 Å². The van der Waals surface area contributed by atoms with Crippen molar-refractivity contribution in [1.29, 1.82) is 0 Å². The Kier molecular flexibility index (Phi) is 5.24. The summed E-state index contributed by atoms with van der Waals surface area (Å²) in [5.41, 5.74) is 2.58. The molecule has 0 saturated carbocycles. The number of carbonyl (C=O) groups is 2. The van der Waals surface area contributed by atoms with Gasteiger partial charge < -0.3 is 14.9 Å². The van der Waals surface area contributed by atoms with Crippen LogP contribution in [0.25, 0.3) is 6.08 Å². The van der Waals surface area contributed by atoms with Gasteiger partial charge in [0.05, 0.1) is 23.9 Å². The first-order chi connectivity index (χ1) is 15.0. The summed E-state index contributed by atoms with van der Waals surface area (Å²) in [5.74, 6) is -1.21. The molecule has 0 saturated heterocycles. The second-order valence-electron chi connectivity index (χ2n) is 6.78. The van der Waals surface area contributed by atoms with Crippen molar-refractivity contribution < 1.29 is 24.5 Å². The van der Waals surface area contributed by atoms with Gasteiger partial charge in [-0.15, -0.1) is 0 Å². The molecule has 0 unspecified atom stereocenters. The first-order valence-electron chi connectivity index (χ1n) is 9.39. The van der Waals surface area contributed by atoms with E-state index in [9.17, 15) is 19.8 Å². The van der Waals surface area contributed by atoms with Crippen molar-refractivity contribution in [2.24, 2.45) is 5.10 Å². The zero-order valence-corrected chi connectivity index (χ0v) is 16.5. The van der Waals surface area contributed by atoms with E-state index < -0.39 is 11.9 Å². The van der Waals surface area contributed by atoms with Crippen LogP contribution in [0, 0.1) is 0 Å². The number of methoxy groups -OCH3 is 1. The van der Waals surface area contributed by atoms with Crippen LogP contribution in [0.15, 0.2) is 83.5 Å². The maximum Gasteiger partial charge on any atom is 0.335 e. The van der Waals surface area contributed by atoms with E-state index in [0.29, 0.717) is 22.5 Å². The smallest absolute Gasteiger partial charge is 0.335 e. The van der Waals surface area contributed by atoms with Gasteiger partial charge in [0, 0.05) is 5.56 Å². The van der Waals surface area contributed by atoms with Crippen molar-refractivity contribution in [3.05, 3.63) is 95.1 Å². The minimum Gasteiger partial charge on any atom is -0.504 e. The van der Waals surface area contributed by atoms with Crippen LogP contribution in [-0.4, -0.2) is 34.9 Å². The second kappa shape index (κ2) is 8.16. The average Bonchev–Trinajstić information content (AvgIpc) is 3.11. The van der Waals surface area contributed by atoms with Crippen LogP contribution >= 0.6 is 0 Å². The summed E-state index contributed by atoms with van der Waals surface area (Å²) >= 11 is 0. The summed E-state index contributed by atoms with van der Waals surface area (Å²) in [6.45, 7) is 0.